The van der Waals surface area contributed by atoms with Crippen molar-refractivity contribution in [3.05, 3.63) is 0 Å². The molecule has 0 spiro atoms. The fourth-order valence-electron chi connectivity index (χ4n) is 3.18. The maximum atomic E-state index is 3.60. The average molecular weight is 194 g/mol. The highest BCUT2D eigenvalue weighted by Gasteiger charge is 2.36. The first-order chi connectivity index (χ1) is 6.92. The van der Waals surface area contributed by atoms with Crippen LogP contribution in [0.3, 0.4) is 0 Å². The quantitative estimate of drug-likeness (QED) is 0.669. The van der Waals surface area contributed by atoms with E-state index in [0.29, 0.717) is 0 Å². The average Bonchev–Trinajstić information content (AvgIpc) is 2.79. The van der Waals surface area contributed by atoms with Crippen LogP contribution in [0, 0.1) is 5.92 Å². The normalized spacial score (nSPS) is 36.9. The molecule has 3 fully saturated rings. The van der Waals surface area contributed by atoms with E-state index in [1.807, 2.05) is 0 Å². The minimum absolute atomic E-state index is 0.894. The summed E-state index contributed by atoms with van der Waals surface area (Å²) in [6.45, 7) is 4.01. The van der Waals surface area contributed by atoms with Crippen LogP contribution in [-0.4, -0.2) is 36.6 Å². The number of rotatable bonds is 5. The second-order valence-electron chi connectivity index (χ2n) is 5.41. The Morgan fingerprint density at radius 1 is 1.14 bits per heavy atom. The van der Waals surface area contributed by atoms with Gasteiger partial charge in [-0.1, -0.05) is 0 Å². The van der Waals surface area contributed by atoms with E-state index in [0.717, 1.165) is 18.0 Å². The van der Waals surface area contributed by atoms with E-state index in [1.54, 1.807) is 0 Å². The van der Waals surface area contributed by atoms with Gasteiger partial charge in [0.1, 0.15) is 0 Å². The third-order valence-corrected chi connectivity index (χ3v) is 4.16. The lowest BCUT2D eigenvalue weighted by Gasteiger charge is -2.26. The molecule has 2 aliphatic carbocycles. The van der Waals surface area contributed by atoms with Crippen LogP contribution in [0.1, 0.15) is 38.5 Å². The molecular formula is C12H22N2. The molecule has 0 radical (unpaired) electrons. The van der Waals surface area contributed by atoms with E-state index in [2.05, 4.69) is 10.2 Å². The van der Waals surface area contributed by atoms with Gasteiger partial charge >= 0.3 is 0 Å². The third-order valence-electron chi connectivity index (χ3n) is 4.16. The summed E-state index contributed by atoms with van der Waals surface area (Å²) in [5, 5.41) is 3.60. The Morgan fingerprint density at radius 3 is 2.71 bits per heavy atom. The van der Waals surface area contributed by atoms with Gasteiger partial charge in [-0.05, 0) is 57.5 Å². The molecule has 2 heteroatoms. The van der Waals surface area contributed by atoms with Crippen molar-refractivity contribution in [1.29, 1.82) is 0 Å². The Bertz CT molecular complexity index is 200. The van der Waals surface area contributed by atoms with Crippen molar-refractivity contribution >= 4 is 0 Å². The summed E-state index contributed by atoms with van der Waals surface area (Å²) >= 11 is 0. The summed E-state index contributed by atoms with van der Waals surface area (Å²) in [4.78, 5) is 2.74. The topological polar surface area (TPSA) is 15.3 Å². The van der Waals surface area contributed by atoms with Crippen LogP contribution in [0.2, 0.25) is 0 Å². The lowest BCUT2D eigenvalue weighted by molar-refractivity contribution is 0.211. The Morgan fingerprint density at radius 2 is 2.07 bits per heavy atom. The van der Waals surface area contributed by atoms with Gasteiger partial charge in [-0.3, -0.25) is 0 Å². The molecule has 2 atom stereocenters. The second kappa shape index (κ2) is 3.82. The van der Waals surface area contributed by atoms with E-state index in [1.165, 1.54) is 58.2 Å². The van der Waals surface area contributed by atoms with Crippen molar-refractivity contribution in [1.82, 2.24) is 10.2 Å². The molecule has 1 heterocycles. The lowest BCUT2D eigenvalue weighted by atomic mass is 10.1. The summed E-state index contributed by atoms with van der Waals surface area (Å²) in [7, 11) is 0. The van der Waals surface area contributed by atoms with Crippen LogP contribution in [0.15, 0.2) is 0 Å². The first-order valence-corrected chi connectivity index (χ1v) is 6.39. The van der Waals surface area contributed by atoms with E-state index in [-0.39, 0.29) is 0 Å². The molecule has 0 aromatic carbocycles. The molecule has 1 aliphatic heterocycles. The van der Waals surface area contributed by atoms with Crippen molar-refractivity contribution in [2.75, 3.05) is 19.6 Å². The van der Waals surface area contributed by atoms with E-state index >= 15 is 0 Å². The highest BCUT2D eigenvalue weighted by Crippen LogP contribution is 2.37. The zero-order valence-electron chi connectivity index (χ0n) is 9.04. The second-order valence-corrected chi connectivity index (χ2v) is 5.41. The number of likely N-dealkylation sites (tertiary alicyclic amines) is 1. The summed E-state index contributed by atoms with van der Waals surface area (Å²) in [5.41, 5.74) is 0. The standard InChI is InChI=1S/C12H22N2/c1(6-13-11-3-4-11)7-14-9-10-2-5-12(14)8-10/h10-13H,1-9H2. The fourth-order valence-corrected chi connectivity index (χ4v) is 3.18. The molecule has 3 aliphatic rings. The van der Waals surface area contributed by atoms with Gasteiger partial charge in [0.2, 0.25) is 0 Å². The van der Waals surface area contributed by atoms with Gasteiger partial charge in [0.25, 0.3) is 0 Å². The molecule has 2 unspecified atom stereocenters. The highest BCUT2D eigenvalue weighted by atomic mass is 15.2. The maximum Gasteiger partial charge on any atom is 0.00986 e. The molecule has 2 nitrogen and oxygen atoms in total. The largest absolute Gasteiger partial charge is 0.314 e. The van der Waals surface area contributed by atoms with Crippen molar-refractivity contribution in [2.24, 2.45) is 5.92 Å². The molecular weight excluding hydrogens is 172 g/mol. The van der Waals surface area contributed by atoms with Crippen LogP contribution < -0.4 is 5.32 Å². The van der Waals surface area contributed by atoms with Crippen LogP contribution in [-0.2, 0) is 0 Å². The van der Waals surface area contributed by atoms with Crippen LogP contribution in [0.5, 0.6) is 0 Å². The number of hydrogen-bond acceptors (Lipinski definition) is 2. The first kappa shape index (κ1) is 9.17. The zero-order valence-corrected chi connectivity index (χ0v) is 9.04. The predicted molar refractivity (Wildman–Crippen MR) is 58.3 cm³/mol. The van der Waals surface area contributed by atoms with Crippen LogP contribution in [0.4, 0.5) is 0 Å². The van der Waals surface area contributed by atoms with Crippen molar-refractivity contribution in [3.63, 3.8) is 0 Å². The number of piperidine rings is 1. The van der Waals surface area contributed by atoms with Crippen molar-refractivity contribution < 1.29 is 0 Å². The smallest absolute Gasteiger partial charge is 0.00986 e. The molecule has 2 bridgehead atoms. The van der Waals surface area contributed by atoms with E-state index in [4.69, 9.17) is 0 Å². The molecule has 1 saturated heterocycles. The molecule has 14 heavy (non-hydrogen) atoms. The van der Waals surface area contributed by atoms with Gasteiger partial charge in [0.05, 0.1) is 0 Å². The van der Waals surface area contributed by atoms with Crippen molar-refractivity contribution in [2.45, 2.75) is 50.6 Å². The Kier molecular flexibility index (Phi) is 2.50. The molecule has 1 N–H and O–H groups in total. The summed E-state index contributed by atoms with van der Waals surface area (Å²) < 4.78 is 0. The van der Waals surface area contributed by atoms with Crippen LogP contribution >= 0.6 is 0 Å². The van der Waals surface area contributed by atoms with Crippen LogP contribution in [0.25, 0.3) is 0 Å². The van der Waals surface area contributed by atoms with Gasteiger partial charge in [0.15, 0.2) is 0 Å². The number of hydrogen-bond donors (Lipinski definition) is 1. The minimum Gasteiger partial charge on any atom is -0.314 e. The molecule has 2 saturated carbocycles. The SMILES string of the molecule is C(CNC1CC1)CN1CC2CCC1C2. The Balaban J connectivity index is 1.32. The van der Waals surface area contributed by atoms with Crippen molar-refractivity contribution in [3.8, 4) is 0 Å². The number of nitrogens with zero attached hydrogens (tertiary/aromatic N) is 1. The van der Waals surface area contributed by atoms with Gasteiger partial charge in [-0.2, -0.15) is 0 Å². The van der Waals surface area contributed by atoms with E-state index in [9.17, 15) is 0 Å². The predicted octanol–water partition coefficient (Wildman–Crippen LogP) is 1.61. The fraction of sp³-hybridized carbons (Fsp3) is 1.00. The number of nitrogens with one attached hydrogen (secondary N) is 1. The van der Waals surface area contributed by atoms with Gasteiger partial charge < -0.3 is 10.2 Å². The van der Waals surface area contributed by atoms with E-state index < -0.39 is 0 Å². The highest BCUT2D eigenvalue weighted by molar-refractivity contribution is 4.92. The lowest BCUT2D eigenvalue weighted by Crippen LogP contribution is -2.34. The monoisotopic (exact) mass is 194 g/mol. The van der Waals surface area contributed by atoms with Gasteiger partial charge in [-0.15, -0.1) is 0 Å². The summed E-state index contributed by atoms with van der Waals surface area (Å²) in [6, 6.07) is 1.87. The first-order valence-electron chi connectivity index (χ1n) is 6.39. The summed E-state index contributed by atoms with van der Waals surface area (Å²) in [6.07, 6.45) is 8.72. The third kappa shape index (κ3) is 1.96. The molecule has 0 amide bonds. The molecule has 0 aromatic rings. The van der Waals surface area contributed by atoms with Gasteiger partial charge in [0, 0.05) is 18.6 Å². The molecule has 3 rings (SSSR count). The number of fused-ring (bicyclic) bond motifs is 2. The molecule has 80 valence electrons. The molecule has 0 aromatic heterocycles. The Hall–Kier alpha value is -0.0800. The minimum atomic E-state index is 0.894. The summed E-state index contributed by atoms with van der Waals surface area (Å²) in [5.74, 6) is 1.07. The maximum absolute atomic E-state index is 3.60. The zero-order chi connectivity index (χ0) is 9.38. The van der Waals surface area contributed by atoms with Gasteiger partial charge in [-0.25, -0.2) is 0 Å². The Labute approximate surface area is 87.0 Å².